The molecule has 1 heterocycles. The van der Waals surface area contributed by atoms with Crippen molar-refractivity contribution >= 4 is 0 Å². The molecule has 0 saturated heterocycles. The number of hydrogen-bond donors (Lipinski definition) is 0. The molecule has 0 radical (unpaired) electrons. The molecule has 0 aromatic carbocycles. The normalized spacial score (nSPS) is 8.20. The lowest BCUT2D eigenvalue weighted by molar-refractivity contribution is 1.18. The van der Waals surface area contributed by atoms with Crippen molar-refractivity contribution in [3.63, 3.8) is 0 Å². The third-order valence-electron chi connectivity index (χ3n) is 1.14. The predicted molar refractivity (Wildman–Crippen MR) is 41.5 cm³/mol. The molecule has 10 heavy (non-hydrogen) atoms. The zero-order valence-corrected chi connectivity index (χ0v) is 6.18. The molecule has 1 rings (SSSR count). The van der Waals surface area contributed by atoms with Crippen molar-refractivity contribution in [1.82, 2.24) is 4.98 Å². The van der Waals surface area contributed by atoms with E-state index < -0.39 is 0 Å². The summed E-state index contributed by atoms with van der Waals surface area (Å²) < 4.78 is 0. The second-order valence-corrected chi connectivity index (χ2v) is 2.04. The molecule has 50 valence electrons. The van der Waals surface area contributed by atoms with E-state index in [1.165, 1.54) is 0 Å². The molecule has 0 bridgehead atoms. The topological polar surface area (TPSA) is 12.9 Å². The van der Waals surface area contributed by atoms with E-state index in [-0.39, 0.29) is 0 Å². The van der Waals surface area contributed by atoms with E-state index in [9.17, 15) is 0 Å². The van der Waals surface area contributed by atoms with Crippen LogP contribution >= 0.6 is 0 Å². The van der Waals surface area contributed by atoms with Gasteiger partial charge in [0.15, 0.2) is 0 Å². The van der Waals surface area contributed by atoms with Crippen LogP contribution in [0.4, 0.5) is 0 Å². The summed E-state index contributed by atoms with van der Waals surface area (Å²) in [5.41, 5.74) is 1.86. The maximum absolute atomic E-state index is 4.19. The fraction of sp³-hybridized carbons (Fsp3) is 0.222. The van der Waals surface area contributed by atoms with Gasteiger partial charge in [-0.05, 0) is 31.9 Å². The van der Waals surface area contributed by atoms with E-state index >= 15 is 0 Å². The van der Waals surface area contributed by atoms with Gasteiger partial charge in [0.2, 0.25) is 0 Å². The lowest BCUT2D eigenvalue weighted by Gasteiger charge is -1.90. The molecule has 0 amide bonds. The van der Waals surface area contributed by atoms with Crippen LogP contribution in [0.3, 0.4) is 0 Å². The van der Waals surface area contributed by atoms with Gasteiger partial charge in [-0.3, -0.25) is 0 Å². The Balaban J connectivity index is 3.03. The van der Waals surface area contributed by atoms with Crippen LogP contribution in [0.2, 0.25) is 0 Å². The van der Waals surface area contributed by atoms with Crippen LogP contribution in [0.15, 0.2) is 18.2 Å². The number of aryl methyl sites for hydroxylation is 1. The van der Waals surface area contributed by atoms with E-state index in [2.05, 4.69) is 16.8 Å². The monoisotopic (exact) mass is 131 g/mol. The molecule has 1 nitrogen and oxygen atoms in total. The average Bonchev–Trinajstić information content (AvgIpc) is 1.88. The molecule has 0 aliphatic heterocycles. The zero-order chi connectivity index (χ0) is 7.40. The Morgan fingerprint density at radius 3 is 2.80 bits per heavy atom. The Hall–Kier alpha value is -1.29. The molecule has 0 aliphatic rings. The van der Waals surface area contributed by atoms with Crippen molar-refractivity contribution < 1.29 is 0 Å². The average molecular weight is 131 g/mol. The molecule has 0 unspecified atom stereocenters. The van der Waals surface area contributed by atoms with Crippen molar-refractivity contribution in [1.29, 1.82) is 0 Å². The van der Waals surface area contributed by atoms with Gasteiger partial charge in [0.25, 0.3) is 0 Å². The van der Waals surface area contributed by atoms with Gasteiger partial charge in [0.05, 0.1) is 0 Å². The number of aromatic nitrogens is 1. The van der Waals surface area contributed by atoms with E-state index in [1.54, 1.807) is 0 Å². The highest BCUT2D eigenvalue weighted by atomic mass is 14.7. The summed E-state index contributed by atoms with van der Waals surface area (Å²) in [6.07, 6.45) is 0. The highest BCUT2D eigenvalue weighted by Gasteiger charge is 1.85. The van der Waals surface area contributed by atoms with Gasteiger partial charge >= 0.3 is 0 Å². The van der Waals surface area contributed by atoms with Gasteiger partial charge in [-0.2, -0.15) is 0 Å². The summed E-state index contributed by atoms with van der Waals surface area (Å²) in [5.74, 6) is 5.69. The second kappa shape index (κ2) is 3.03. The lowest BCUT2D eigenvalue weighted by atomic mass is 10.3. The van der Waals surface area contributed by atoms with Crippen LogP contribution in [-0.4, -0.2) is 4.98 Å². The molecule has 0 saturated carbocycles. The van der Waals surface area contributed by atoms with Crippen LogP contribution in [0, 0.1) is 18.8 Å². The summed E-state index contributed by atoms with van der Waals surface area (Å²) in [6.45, 7) is 3.77. The lowest BCUT2D eigenvalue weighted by Crippen LogP contribution is -1.83. The first-order valence-corrected chi connectivity index (χ1v) is 3.19. The fourth-order valence-corrected chi connectivity index (χ4v) is 0.741. The maximum Gasteiger partial charge on any atom is 0.113 e. The van der Waals surface area contributed by atoms with Gasteiger partial charge in [-0.15, -0.1) is 0 Å². The molecule has 0 fully saturated rings. The van der Waals surface area contributed by atoms with Crippen molar-refractivity contribution in [2.75, 3.05) is 0 Å². The second-order valence-electron chi connectivity index (χ2n) is 2.04. The number of nitrogens with zero attached hydrogens (tertiary/aromatic N) is 1. The molecular formula is C9H9N. The molecule has 1 aromatic heterocycles. The zero-order valence-electron chi connectivity index (χ0n) is 6.18. The van der Waals surface area contributed by atoms with E-state index in [0.29, 0.717) is 0 Å². The minimum atomic E-state index is 0.850. The number of pyridine rings is 1. The first kappa shape index (κ1) is 6.82. The quantitative estimate of drug-likeness (QED) is 0.489. The molecule has 1 heteroatoms. The van der Waals surface area contributed by atoms with Crippen LogP contribution in [-0.2, 0) is 0 Å². The number of rotatable bonds is 0. The minimum absolute atomic E-state index is 0.850. The highest BCUT2D eigenvalue weighted by molar-refractivity contribution is 5.27. The van der Waals surface area contributed by atoms with Crippen molar-refractivity contribution in [2.24, 2.45) is 0 Å². The summed E-state index contributed by atoms with van der Waals surface area (Å²) in [6, 6.07) is 5.83. The molecule has 0 aliphatic carbocycles. The van der Waals surface area contributed by atoms with Crippen LogP contribution < -0.4 is 0 Å². The van der Waals surface area contributed by atoms with E-state index in [0.717, 1.165) is 11.4 Å². The fourth-order valence-electron chi connectivity index (χ4n) is 0.741. The van der Waals surface area contributed by atoms with Gasteiger partial charge in [-0.25, -0.2) is 4.98 Å². The molecule has 0 spiro atoms. The Labute approximate surface area is 61.1 Å². The Morgan fingerprint density at radius 2 is 2.20 bits per heavy atom. The first-order valence-electron chi connectivity index (χ1n) is 3.19. The summed E-state index contributed by atoms with van der Waals surface area (Å²) >= 11 is 0. The molecule has 0 atom stereocenters. The molecule has 0 N–H and O–H groups in total. The summed E-state index contributed by atoms with van der Waals surface area (Å²) in [4.78, 5) is 4.19. The molecular weight excluding hydrogens is 122 g/mol. The van der Waals surface area contributed by atoms with Crippen molar-refractivity contribution in [3.05, 3.63) is 29.6 Å². The van der Waals surface area contributed by atoms with E-state index in [1.807, 2.05) is 32.0 Å². The molecule has 1 aromatic rings. The number of hydrogen-bond acceptors (Lipinski definition) is 1. The van der Waals surface area contributed by atoms with E-state index in [4.69, 9.17) is 0 Å². The third kappa shape index (κ3) is 1.60. The van der Waals surface area contributed by atoms with Crippen LogP contribution in [0.5, 0.6) is 0 Å². The van der Waals surface area contributed by atoms with Crippen LogP contribution in [0.25, 0.3) is 0 Å². The maximum atomic E-state index is 4.19. The van der Waals surface area contributed by atoms with Gasteiger partial charge in [-0.1, -0.05) is 12.0 Å². The van der Waals surface area contributed by atoms with Crippen molar-refractivity contribution in [2.45, 2.75) is 13.8 Å². The standard InChI is InChI=1S/C9H9N/c1-3-5-9-7-4-6-8(2)10-9/h4,6-7H,1-2H3. The van der Waals surface area contributed by atoms with Gasteiger partial charge in [0.1, 0.15) is 5.69 Å². The summed E-state index contributed by atoms with van der Waals surface area (Å²) in [5, 5.41) is 0. The van der Waals surface area contributed by atoms with Crippen LogP contribution in [0.1, 0.15) is 18.3 Å². The largest absolute Gasteiger partial charge is 0.245 e. The minimum Gasteiger partial charge on any atom is -0.245 e. The Bertz CT molecular complexity index is 278. The Morgan fingerprint density at radius 1 is 1.40 bits per heavy atom. The predicted octanol–water partition coefficient (Wildman–Crippen LogP) is 1.76. The van der Waals surface area contributed by atoms with Gasteiger partial charge < -0.3 is 0 Å². The third-order valence-corrected chi connectivity index (χ3v) is 1.14. The SMILES string of the molecule is CC#Cc1cccc(C)n1. The highest BCUT2D eigenvalue weighted by Crippen LogP contribution is 1.94. The Kier molecular flexibility index (Phi) is 2.07. The van der Waals surface area contributed by atoms with Gasteiger partial charge in [0, 0.05) is 5.69 Å². The smallest absolute Gasteiger partial charge is 0.113 e. The first-order chi connectivity index (χ1) is 4.83. The van der Waals surface area contributed by atoms with Crippen molar-refractivity contribution in [3.8, 4) is 11.8 Å². The summed E-state index contributed by atoms with van der Waals surface area (Å²) in [7, 11) is 0.